The van der Waals surface area contributed by atoms with Gasteiger partial charge in [-0.25, -0.2) is 13.1 Å². The predicted octanol–water partition coefficient (Wildman–Crippen LogP) is 2.84. The molecular formula is C22H32N2O5S. The van der Waals surface area contributed by atoms with Crippen LogP contribution in [0.3, 0.4) is 0 Å². The van der Waals surface area contributed by atoms with Gasteiger partial charge in [0.2, 0.25) is 10.0 Å². The SMILES string of the molecule is CC=C(COC(=O)CC(C)=O)C(NS(=O)(=O)c1ccc(CN)cc1)C1CCCCC1. The second-order valence-electron chi connectivity index (χ2n) is 7.75. The molecule has 0 saturated heterocycles. The predicted molar refractivity (Wildman–Crippen MR) is 115 cm³/mol. The Morgan fingerprint density at radius 2 is 1.83 bits per heavy atom. The van der Waals surface area contributed by atoms with Crippen LogP contribution in [0.15, 0.2) is 40.8 Å². The number of nitrogens with two attached hydrogens (primary N) is 1. The van der Waals surface area contributed by atoms with E-state index in [0.717, 1.165) is 37.7 Å². The first-order valence-electron chi connectivity index (χ1n) is 10.4. The molecule has 7 nitrogen and oxygen atoms in total. The summed E-state index contributed by atoms with van der Waals surface area (Å²) in [6.07, 6.45) is 6.51. The topological polar surface area (TPSA) is 116 Å². The van der Waals surface area contributed by atoms with Gasteiger partial charge in [0.15, 0.2) is 0 Å². The summed E-state index contributed by atoms with van der Waals surface area (Å²) in [5.74, 6) is -0.758. The lowest BCUT2D eigenvalue weighted by Crippen LogP contribution is -2.43. The Hall–Kier alpha value is -2.03. The third kappa shape index (κ3) is 7.04. The van der Waals surface area contributed by atoms with E-state index in [1.807, 2.05) is 0 Å². The highest BCUT2D eigenvalue weighted by Crippen LogP contribution is 2.31. The molecule has 0 spiro atoms. The molecule has 0 aliphatic heterocycles. The first-order chi connectivity index (χ1) is 14.3. The number of benzene rings is 1. The Kier molecular flexibility index (Phi) is 9.20. The minimum atomic E-state index is -3.77. The fourth-order valence-electron chi connectivity index (χ4n) is 3.75. The Labute approximate surface area is 179 Å². The average molecular weight is 437 g/mol. The van der Waals surface area contributed by atoms with Crippen LogP contribution in [0.4, 0.5) is 0 Å². The molecule has 1 aliphatic rings. The second kappa shape index (κ2) is 11.4. The lowest BCUT2D eigenvalue weighted by atomic mass is 9.81. The molecule has 2 rings (SSSR count). The summed E-state index contributed by atoms with van der Waals surface area (Å²) in [7, 11) is -3.77. The van der Waals surface area contributed by atoms with Gasteiger partial charge in [0, 0.05) is 12.6 Å². The van der Waals surface area contributed by atoms with Gasteiger partial charge >= 0.3 is 5.97 Å². The van der Waals surface area contributed by atoms with Crippen LogP contribution < -0.4 is 10.5 Å². The smallest absolute Gasteiger partial charge is 0.313 e. The second-order valence-corrected chi connectivity index (χ2v) is 9.46. The fraction of sp³-hybridized carbons (Fsp3) is 0.545. The van der Waals surface area contributed by atoms with Crippen molar-refractivity contribution in [2.75, 3.05) is 6.61 Å². The monoisotopic (exact) mass is 436 g/mol. The molecule has 0 aromatic heterocycles. The first kappa shape index (κ1) is 24.2. The van der Waals surface area contributed by atoms with Gasteiger partial charge in [-0.2, -0.15) is 0 Å². The molecule has 1 aromatic carbocycles. The maximum absolute atomic E-state index is 13.1. The Morgan fingerprint density at radius 1 is 1.20 bits per heavy atom. The molecule has 3 N–H and O–H groups in total. The van der Waals surface area contributed by atoms with E-state index >= 15 is 0 Å². The molecule has 1 fully saturated rings. The summed E-state index contributed by atoms with van der Waals surface area (Å²) in [4.78, 5) is 23.1. The van der Waals surface area contributed by atoms with Gasteiger partial charge in [-0.15, -0.1) is 0 Å². The van der Waals surface area contributed by atoms with Gasteiger partial charge in [-0.05, 0) is 55.9 Å². The summed E-state index contributed by atoms with van der Waals surface area (Å²) in [6, 6.07) is 6.02. The number of hydrogen-bond acceptors (Lipinski definition) is 6. The first-order valence-corrected chi connectivity index (χ1v) is 11.9. The van der Waals surface area contributed by atoms with E-state index in [1.165, 1.54) is 6.92 Å². The number of hydrogen-bond donors (Lipinski definition) is 2. The summed E-state index contributed by atoms with van der Waals surface area (Å²) < 4.78 is 34.2. The van der Waals surface area contributed by atoms with Crippen LogP contribution in [0.1, 0.15) is 57.9 Å². The number of ether oxygens (including phenoxy) is 1. The van der Waals surface area contributed by atoms with Crippen molar-refractivity contribution in [2.45, 2.75) is 69.9 Å². The van der Waals surface area contributed by atoms with E-state index in [-0.39, 0.29) is 29.6 Å². The highest BCUT2D eigenvalue weighted by Gasteiger charge is 2.31. The van der Waals surface area contributed by atoms with E-state index in [0.29, 0.717) is 12.1 Å². The van der Waals surface area contributed by atoms with Crippen LogP contribution >= 0.6 is 0 Å². The molecule has 1 unspecified atom stereocenters. The maximum Gasteiger partial charge on any atom is 0.313 e. The molecule has 30 heavy (non-hydrogen) atoms. The minimum Gasteiger partial charge on any atom is -0.461 e. The molecule has 0 bridgehead atoms. The minimum absolute atomic E-state index is 0.0432. The molecule has 0 amide bonds. The van der Waals surface area contributed by atoms with E-state index in [1.54, 1.807) is 37.3 Å². The van der Waals surface area contributed by atoms with Crippen LogP contribution in [0.5, 0.6) is 0 Å². The van der Waals surface area contributed by atoms with Gasteiger partial charge in [-0.3, -0.25) is 9.59 Å². The zero-order valence-electron chi connectivity index (χ0n) is 17.7. The van der Waals surface area contributed by atoms with Crippen molar-refractivity contribution in [3.63, 3.8) is 0 Å². The number of ketones is 1. The van der Waals surface area contributed by atoms with Gasteiger partial charge in [0.1, 0.15) is 18.8 Å². The summed E-state index contributed by atoms with van der Waals surface area (Å²) >= 11 is 0. The number of esters is 1. The molecule has 0 heterocycles. The zero-order valence-corrected chi connectivity index (χ0v) is 18.5. The van der Waals surface area contributed by atoms with E-state index in [9.17, 15) is 18.0 Å². The van der Waals surface area contributed by atoms with E-state index in [2.05, 4.69) is 4.72 Å². The van der Waals surface area contributed by atoms with Crippen molar-refractivity contribution in [3.8, 4) is 0 Å². The lowest BCUT2D eigenvalue weighted by Gasteiger charge is -2.32. The summed E-state index contributed by atoms with van der Waals surface area (Å²) in [6.45, 7) is 3.42. The highest BCUT2D eigenvalue weighted by atomic mass is 32.2. The summed E-state index contributed by atoms with van der Waals surface area (Å²) in [5.41, 5.74) is 7.14. The Bertz CT molecular complexity index is 856. The quantitative estimate of drug-likeness (QED) is 0.331. The normalized spacial score (nSPS) is 16.8. The van der Waals surface area contributed by atoms with Crippen LogP contribution in [-0.2, 0) is 30.9 Å². The Morgan fingerprint density at radius 3 is 2.37 bits per heavy atom. The molecule has 1 saturated carbocycles. The number of nitrogens with one attached hydrogen (secondary N) is 1. The number of rotatable bonds is 10. The number of carbonyl (C=O) groups is 2. The number of carbonyl (C=O) groups excluding carboxylic acids is 2. The standard InChI is InChI=1S/C22H32N2O5S/c1-3-18(15-29-21(26)13-16(2)25)22(19-7-5-4-6-8-19)24-30(27,28)20-11-9-17(14-23)10-12-20/h3,9-12,19,22,24H,4-8,13-15,23H2,1-2H3. The largest absolute Gasteiger partial charge is 0.461 e. The van der Waals surface area contributed by atoms with Gasteiger partial charge < -0.3 is 10.5 Å². The lowest BCUT2D eigenvalue weighted by molar-refractivity contribution is -0.144. The molecular weight excluding hydrogens is 404 g/mol. The van der Waals surface area contributed by atoms with Gasteiger partial charge in [-0.1, -0.05) is 37.5 Å². The van der Waals surface area contributed by atoms with Crippen LogP contribution in [0.2, 0.25) is 0 Å². The molecule has 166 valence electrons. The van der Waals surface area contributed by atoms with Gasteiger partial charge in [0.05, 0.1) is 4.90 Å². The number of Topliss-reactive ketones (excluding diaryl/α,β-unsaturated/α-hetero) is 1. The van der Waals surface area contributed by atoms with Crippen LogP contribution in [-0.4, -0.2) is 32.8 Å². The third-order valence-corrected chi connectivity index (χ3v) is 6.89. The third-order valence-electron chi connectivity index (χ3n) is 5.44. The molecule has 0 radical (unpaired) electrons. The van der Waals surface area contributed by atoms with Crippen molar-refractivity contribution in [1.82, 2.24) is 4.72 Å². The number of sulfonamides is 1. The molecule has 8 heteroatoms. The molecule has 1 aromatic rings. The van der Waals surface area contributed by atoms with E-state index < -0.39 is 22.0 Å². The molecule has 1 atom stereocenters. The van der Waals surface area contributed by atoms with Crippen molar-refractivity contribution < 1.29 is 22.7 Å². The Balaban J connectivity index is 2.22. The highest BCUT2D eigenvalue weighted by molar-refractivity contribution is 7.89. The van der Waals surface area contributed by atoms with Crippen molar-refractivity contribution >= 4 is 21.8 Å². The average Bonchev–Trinajstić information content (AvgIpc) is 2.73. The van der Waals surface area contributed by atoms with Crippen LogP contribution in [0, 0.1) is 5.92 Å². The molecule has 1 aliphatic carbocycles. The van der Waals surface area contributed by atoms with Crippen molar-refractivity contribution in [3.05, 3.63) is 41.5 Å². The zero-order chi connectivity index (χ0) is 22.1. The fourth-order valence-corrected chi connectivity index (χ4v) is 5.06. The van der Waals surface area contributed by atoms with E-state index in [4.69, 9.17) is 10.5 Å². The van der Waals surface area contributed by atoms with Crippen molar-refractivity contribution in [2.24, 2.45) is 11.7 Å². The van der Waals surface area contributed by atoms with Gasteiger partial charge in [0.25, 0.3) is 0 Å². The maximum atomic E-state index is 13.1. The number of allylic oxidation sites excluding steroid dienone is 1. The van der Waals surface area contributed by atoms with Crippen molar-refractivity contribution in [1.29, 1.82) is 0 Å². The summed E-state index contributed by atoms with van der Waals surface area (Å²) in [5, 5.41) is 0. The van der Waals surface area contributed by atoms with Crippen LogP contribution in [0.25, 0.3) is 0 Å².